The molecular formula is C13H22N2O2. The molecule has 0 saturated carbocycles. The van der Waals surface area contributed by atoms with E-state index in [9.17, 15) is 4.79 Å². The molecule has 17 heavy (non-hydrogen) atoms. The van der Waals surface area contributed by atoms with Gasteiger partial charge in [-0.15, -0.1) is 0 Å². The molecule has 0 aliphatic carbocycles. The number of rotatable bonds is 1. The van der Waals surface area contributed by atoms with Gasteiger partial charge in [-0.05, 0) is 0 Å². The van der Waals surface area contributed by atoms with Crippen LogP contribution in [0.2, 0.25) is 0 Å². The van der Waals surface area contributed by atoms with Crippen molar-refractivity contribution in [3.8, 4) is 0 Å². The standard InChI is InChI=1S/C13H22N2O2/c1-8(16)14-11-15-9(12(2,3)4)10(17-11)13(5,6)7/h1-7H3,(H,14,15,16). The number of aromatic nitrogens is 1. The van der Waals surface area contributed by atoms with E-state index in [2.05, 4.69) is 51.8 Å². The lowest BCUT2D eigenvalue weighted by atomic mass is 9.83. The first-order valence-electron chi connectivity index (χ1n) is 5.81. The Bertz CT molecular complexity index is 388. The summed E-state index contributed by atoms with van der Waals surface area (Å²) in [5.74, 6) is 0.654. The number of hydrogen-bond donors (Lipinski definition) is 1. The summed E-state index contributed by atoms with van der Waals surface area (Å²) in [6.07, 6.45) is 0. The van der Waals surface area contributed by atoms with Gasteiger partial charge in [0.15, 0.2) is 0 Å². The second-order valence-electron chi connectivity index (χ2n) is 6.38. The minimum atomic E-state index is -0.174. The monoisotopic (exact) mass is 238 g/mol. The van der Waals surface area contributed by atoms with E-state index in [1.54, 1.807) is 0 Å². The molecule has 4 nitrogen and oxygen atoms in total. The van der Waals surface area contributed by atoms with Gasteiger partial charge in [-0.25, -0.2) is 0 Å². The molecule has 96 valence electrons. The SMILES string of the molecule is CC(=O)Nc1nc(C(C)(C)C)c(C(C)(C)C)o1. The Labute approximate surface area is 103 Å². The van der Waals surface area contributed by atoms with Gasteiger partial charge in [0.25, 0.3) is 0 Å². The first-order chi connectivity index (χ1) is 7.51. The van der Waals surface area contributed by atoms with Gasteiger partial charge in [0.1, 0.15) is 5.76 Å². The number of hydrogen-bond acceptors (Lipinski definition) is 3. The Morgan fingerprint density at radius 3 is 1.94 bits per heavy atom. The maximum atomic E-state index is 11.0. The molecule has 0 atom stereocenters. The molecule has 0 aliphatic heterocycles. The molecule has 1 amide bonds. The van der Waals surface area contributed by atoms with E-state index in [-0.39, 0.29) is 22.8 Å². The molecule has 1 rings (SSSR count). The van der Waals surface area contributed by atoms with Crippen LogP contribution in [0.4, 0.5) is 6.01 Å². The molecule has 0 unspecified atom stereocenters. The fraction of sp³-hybridized carbons (Fsp3) is 0.692. The predicted octanol–water partition coefficient (Wildman–Crippen LogP) is 3.23. The summed E-state index contributed by atoms with van der Waals surface area (Å²) in [5.41, 5.74) is 0.656. The summed E-state index contributed by atoms with van der Waals surface area (Å²) in [7, 11) is 0. The number of carbonyl (C=O) groups is 1. The highest BCUT2D eigenvalue weighted by atomic mass is 16.4. The molecule has 1 heterocycles. The predicted molar refractivity (Wildman–Crippen MR) is 68.2 cm³/mol. The number of oxazole rings is 1. The zero-order valence-electron chi connectivity index (χ0n) is 11.8. The summed E-state index contributed by atoms with van der Waals surface area (Å²) < 4.78 is 5.67. The van der Waals surface area contributed by atoms with Crippen LogP contribution >= 0.6 is 0 Å². The maximum absolute atomic E-state index is 11.0. The number of nitrogens with zero attached hydrogens (tertiary/aromatic N) is 1. The lowest BCUT2D eigenvalue weighted by Gasteiger charge is -2.22. The molecule has 0 aromatic carbocycles. The van der Waals surface area contributed by atoms with E-state index in [1.165, 1.54) is 6.92 Å². The van der Waals surface area contributed by atoms with E-state index in [0.717, 1.165) is 11.5 Å². The molecule has 1 N–H and O–H groups in total. The second-order valence-corrected chi connectivity index (χ2v) is 6.38. The smallest absolute Gasteiger partial charge is 0.301 e. The summed E-state index contributed by atoms with van der Waals surface area (Å²) in [6, 6.07) is 0.285. The molecule has 0 fully saturated rings. The zero-order valence-corrected chi connectivity index (χ0v) is 11.8. The van der Waals surface area contributed by atoms with Gasteiger partial charge in [0.05, 0.1) is 5.69 Å². The molecule has 1 aromatic heterocycles. The summed E-state index contributed by atoms with van der Waals surface area (Å²) in [5, 5.41) is 2.59. The number of nitrogens with one attached hydrogen (secondary N) is 1. The third-order valence-electron chi connectivity index (χ3n) is 2.30. The molecule has 0 spiro atoms. The molecular weight excluding hydrogens is 216 g/mol. The third kappa shape index (κ3) is 3.32. The molecule has 0 aliphatic rings. The van der Waals surface area contributed by atoms with Crippen LogP contribution in [0.5, 0.6) is 0 Å². The highest BCUT2D eigenvalue weighted by Gasteiger charge is 2.31. The highest BCUT2D eigenvalue weighted by molar-refractivity contribution is 5.86. The third-order valence-corrected chi connectivity index (χ3v) is 2.30. The fourth-order valence-corrected chi connectivity index (χ4v) is 1.54. The van der Waals surface area contributed by atoms with Gasteiger partial charge in [-0.1, -0.05) is 41.5 Å². The van der Waals surface area contributed by atoms with Crippen molar-refractivity contribution >= 4 is 11.9 Å². The van der Waals surface area contributed by atoms with Crippen LogP contribution in [0.3, 0.4) is 0 Å². The van der Waals surface area contributed by atoms with E-state index < -0.39 is 0 Å². The lowest BCUT2D eigenvalue weighted by molar-refractivity contribution is -0.114. The first kappa shape index (κ1) is 13.7. The molecule has 0 bridgehead atoms. The van der Waals surface area contributed by atoms with E-state index in [0.29, 0.717) is 0 Å². The Balaban J connectivity index is 3.27. The topological polar surface area (TPSA) is 55.1 Å². The second kappa shape index (κ2) is 4.17. The van der Waals surface area contributed by atoms with Crippen molar-refractivity contribution in [2.24, 2.45) is 0 Å². The van der Waals surface area contributed by atoms with Crippen LogP contribution in [-0.2, 0) is 15.6 Å². The average Bonchev–Trinajstić information content (AvgIpc) is 2.44. The van der Waals surface area contributed by atoms with Crippen LogP contribution in [0.15, 0.2) is 4.42 Å². The Hall–Kier alpha value is -1.32. The first-order valence-corrected chi connectivity index (χ1v) is 5.81. The average molecular weight is 238 g/mol. The van der Waals surface area contributed by atoms with Crippen LogP contribution in [-0.4, -0.2) is 10.9 Å². The minimum absolute atomic E-state index is 0.108. The van der Waals surface area contributed by atoms with Crippen LogP contribution in [0.1, 0.15) is 59.9 Å². The van der Waals surface area contributed by atoms with Gasteiger partial charge in [-0.3, -0.25) is 10.1 Å². The van der Waals surface area contributed by atoms with E-state index >= 15 is 0 Å². The van der Waals surface area contributed by atoms with Gasteiger partial charge in [0.2, 0.25) is 5.91 Å². The Morgan fingerprint density at radius 2 is 1.65 bits per heavy atom. The van der Waals surface area contributed by atoms with Crippen LogP contribution in [0.25, 0.3) is 0 Å². The fourth-order valence-electron chi connectivity index (χ4n) is 1.54. The largest absolute Gasteiger partial charge is 0.428 e. The van der Waals surface area contributed by atoms with Gasteiger partial charge in [-0.2, -0.15) is 4.98 Å². The van der Waals surface area contributed by atoms with Crippen molar-refractivity contribution in [2.75, 3.05) is 5.32 Å². The van der Waals surface area contributed by atoms with Crippen LogP contribution < -0.4 is 5.32 Å². The zero-order chi connectivity index (χ0) is 13.4. The normalized spacial score (nSPS) is 12.6. The summed E-state index contributed by atoms with van der Waals surface area (Å²) >= 11 is 0. The molecule has 0 saturated heterocycles. The minimum Gasteiger partial charge on any atom is -0.428 e. The van der Waals surface area contributed by atoms with Crippen molar-refractivity contribution in [2.45, 2.75) is 59.3 Å². The molecule has 0 radical (unpaired) electrons. The molecule has 4 heteroatoms. The Kier molecular flexibility index (Phi) is 3.37. The van der Waals surface area contributed by atoms with Crippen molar-refractivity contribution < 1.29 is 9.21 Å². The van der Waals surface area contributed by atoms with Crippen molar-refractivity contribution in [1.82, 2.24) is 4.98 Å². The maximum Gasteiger partial charge on any atom is 0.301 e. The summed E-state index contributed by atoms with van der Waals surface area (Å²) in [6.45, 7) is 13.9. The molecule has 1 aromatic rings. The van der Waals surface area contributed by atoms with Gasteiger partial charge >= 0.3 is 6.01 Å². The Morgan fingerprint density at radius 1 is 1.12 bits per heavy atom. The lowest BCUT2D eigenvalue weighted by Crippen LogP contribution is -2.20. The van der Waals surface area contributed by atoms with E-state index in [1.807, 2.05) is 0 Å². The van der Waals surface area contributed by atoms with Crippen LogP contribution in [0, 0.1) is 0 Å². The highest BCUT2D eigenvalue weighted by Crippen LogP contribution is 2.35. The number of anilines is 1. The van der Waals surface area contributed by atoms with Gasteiger partial charge < -0.3 is 4.42 Å². The van der Waals surface area contributed by atoms with Crippen molar-refractivity contribution in [3.63, 3.8) is 0 Å². The number of amides is 1. The van der Waals surface area contributed by atoms with Gasteiger partial charge in [0, 0.05) is 17.8 Å². The quantitative estimate of drug-likeness (QED) is 0.817. The van der Waals surface area contributed by atoms with Crippen molar-refractivity contribution in [3.05, 3.63) is 11.5 Å². The number of carbonyl (C=O) groups excluding carboxylic acids is 1. The summed E-state index contributed by atoms with van der Waals surface area (Å²) in [4.78, 5) is 15.4. The van der Waals surface area contributed by atoms with E-state index in [4.69, 9.17) is 4.42 Å². The van der Waals surface area contributed by atoms with Crippen molar-refractivity contribution in [1.29, 1.82) is 0 Å².